The minimum atomic E-state index is -2.54. The second-order valence-electron chi connectivity index (χ2n) is 8.80. The van der Waals surface area contributed by atoms with Crippen molar-refractivity contribution in [1.29, 1.82) is 0 Å². The van der Waals surface area contributed by atoms with Gasteiger partial charge in [-0.05, 0) is 40.1 Å². The van der Waals surface area contributed by atoms with Crippen LogP contribution in [0, 0.1) is 11.8 Å². The van der Waals surface area contributed by atoms with Crippen LogP contribution >= 0.6 is 0 Å². The predicted molar refractivity (Wildman–Crippen MR) is 113 cm³/mol. The van der Waals surface area contributed by atoms with Gasteiger partial charge in [0.15, 0.2) is 0 Å². The Labute approximate surface area is 164 Å². The van der Waals surface area contributed by atoms with Crippen molar-refractivity contribution in [1.82, 2.24) is 0 Å². The van der Waals surface area contributed by atoms with Crippen molar-refractivity contribution < 1.29 is 14.6 Å². The molecule has 4 heteroatoms. The van der Waals surface area contributed by atoms with E-state index in [0.29, 0.717) is 19.4 Å². The Morgan fingerprint density at radius 2 is 1.37 bits per heavy atom. The number of rotatable bonds is 6. The quantitative estimate of drug-likeness (QED) is 0.753. The molecular formula is C23H32O3Si. The second kappa shape index (κ2) is 8.27. The fraction of sp³-hybridized carbons (Fsp3) is 0.478. The summed E-state index contributed by atoms with van der Waals surface area (Å²) >= 11 is 0. The van der Waals surface area contributed by atoms with Crippen molar-refractivity contribution in [2.24, 2.45) is 11.8 Å². The Morgan fingerprint density at radius 3 is 1.81 bits per heavy atom. The molecule has 27 heavy (non-hydrogen) atoms. The van der Waals surface area contributed by atoms with Gasteiger partial charge >= 0.3 is 0 Å². The van der Waals surface area contributed by atoms with Gasteiger partial charge < -0.3 is 14.6 Å². The van der Waals surface area contributed by atoms with Gasteiger partial charge in [0.25, 0.3) is 8.32 Å². The lowest BCUT2D eigenvalue weighted by molar-refractivity contribution is 0.146. The summed E-state index contributed by atoms with van der Waals surface area (Å²) in [5, 5.41) is 22.3. The highest BCUT2D eigenvalue weighted by atomic mass is 28.4. The average molecular weight is 385 g/mol. The van der Waals surface area contributed by atoms with E-state index in [1.807, 2.05) is 12.1 Å². The van der Waals surface area contributed by atoms with Gasteiger partial charge in [-0.15, -0.1) is 0 Å². The number of benzene rings is 2. The van der Waals surface area contributed by atoms with Crippen LogP contribution in [-0.2, 0) is 4.43 Å². The van der Waals surface area contributed by atoms with E-state index in [1.165, 1.54) is 10.4 Å². The fourth-order valence-electron chi connectivity index (χ4n) is 4.60. The maximum Gasteiger partial charge on any atom is 0.261 e. The molecule has 0 spiro atoms. The molecule has 0 heterocycles. The zero-order valence-electron chi connectivity index (χ0n) is 16.6. The van der Waals surface area contributed by atoms with Crippen LogP contribution in [0.4, 0.5) is 0 Å². The summed E-state index contributed by atoms with van der Waals surface area (Å²) in [5.41, 5.74) is 0. The molecule has 3 nitrogen and oxygen atoms in total. The van der Waals surface area contributed by atoms with E-state index in [2.05, 4.69) is 69.3 Å². The Morgan fingerprint density at radius 1 is 0.889 bits per heavy atom. The average Bonchev–Trinajstić information content (AvgIpc) is 3.03. The van der Waals surface area contributed by atoms with Crippen LogP contribution < -0.4 is 10.4 Å². The van der Waals surface area contributed by atoms with E-state index >= 15 is 0 Å². The van der Waals surface area contributed by atoms with Gasteiger partial charge in [-0.25, -0.2) is 0 Å². The molecule has 0 bridgehead atoms. The van der Waals surface area contributed by atoms with Gasteiger partial charge in [0.1, 0.15) is 0 Å². The first kappa shape index (κ1) is 20.3. The third kappa shape index (κ3) is 4.04. The predicted octanol–water partition coefficient (Wildman–Crippen LogP) is 2.94. The Kier molecular flexibility index (Phi) is 6.21. The highest BCUT2D eigenvalue weighted by Gasteiger charge is 2.50. The van der Waals surface area contributed by atoms with Crippen molar-refractivity contribution >= 4 is 18.7 Å². The van der Waals surface area contributed by atoms with E-state index in [4.69, 9.17) is 4.43 Å². The molecule has 1 aliphatic rings. The van der Waals surface area contributed by atoms with Crippen molar-refractivity contribution in [3.05, 3.63) is 60.7 Å². The fourth-order valence-corrected chi connectivity index (χ4v) is 9.22. The number of hydrogen-bond donors (Lipinski definition) is 2. The van der Waals surface area contributed by atoms with Gasteiger partial charge in [0, 0.05) is 13.2 Å². The minimum absolute atomic E-state index is 0.0539. The second-order valence-corrected chi connectivity index (χ2v) is 13.1. The monoisotopic (exact) mass is 384 g/mol. The minimum Gasteiger partial charge on any atom is -0.407 e. The topological polar surface area (TPSA) is 49.7 Å². The van der Waals surface area contributed by atoms with E-state index in [9.17, 15) is 10.2 Å². The molecule has 1 aliphatic carbocycles. The number of aliphatic hydroxyl groups excluding tert-OH is 2. The summed E-state index contributed by atoms with van der Waals surface area (Å²) in [4.78, 5) is 0. The molecule has 0 radical (unpaired) electrons. The summed E-state index contributed by atoms with van der Waals surface area (Å²) < 4.78 is 6.95. The Balaban J connectivity index is 2.02. The highest BCUT2D eigenvalue weighted by molar-refractivity contribution is 6.99. The third-order valence-electron chi connectivity index (χ3n) is 5.98. The first-order valence-corrected chi connectivity index (χ1v) is 11.8. The van der Waals surface area contributed by atoms with Crippen LogP contribution in [-0.4, -0.2) is 37.8 Å². The van der Waals surface area contributed by atoms with Crippen LogP contribution in [0.2, 0.25) is 5.04 Å². The Hall–Kier alpha value is -1.46. The van der Waals surface area contributed by atoms with E-state index in [-0.39, 0.29) is 29.6 Å². The molecule has 2 N–H and O–H groups in total. The van der Waals surface area contributed by atoms with Crippen LogP contribution in [0.25, 0.3) is 0 Å². The molecule has 3 rings (SSSR count). The van der Waals surface area contributed by atoms with Gasteiger partial charge in [-0.3, -0.25) is 0 Å². The summed E-state index contributed by atoms with van der Waals surface area (Å²) in [6.45, 7) is 7.51. The molecule has 1 fully saturated rings. The first-order valence-electron chi connectivity index (χ1n) is 9.92. The van der Waals surface area contributed by atoms with Crippen LogP contribution in [0.5, 0.6) is 0 Å². The molecule has 3 atom stereocenters. The summed E-state index contributed by atoms with van der Waals surface area (Å²) in [5.74, 6) is 0.324. The summed E-state index contributed by atoms with van der Waals surface area (Å²) in [7, 11) is -2.54. The van der Waals surface area contributed by atoms with Crippen molar-refractivity contribution in [2.75, 3.05) is 13.2 Å². The third-order valence-corrected chi connectivity index (χ3v) is 11.0. The molecule has 1 saturated carbocycles. The lowest BCUT2D eigenvalue weighted by Gasteiger charge is -2.43. The smallest absolute Gasteiger partial charge is 0.261 e. The van der Waals surface area contributed by atoms with Crippen molar-refractivity contribution in [2.45, 2.75) is 44.8 Å². The van der Waals surface area contributed by atoms with Gasteiger partial charge in [-0.1, -0.05) is 81.4 Å². The summed E-state index contributed by atoms with van der Waals surface area (Å²) in [6, 6.07) is 21.2. The molecular weight excluding hydrogens is 352 g/mol. The lowest BCUT2D eigenvalue weighted by atomic mass is 9.98. The molecule has 0 aliphatic heterocycles. The maximum atomic E-state index is 10.1. The van der Waals surface area contributed by atoms with Crippen molar-refractivity contribution in [3.8, 4) is 0 Å². The standard InChI is InChI=1S/C23H32O3Si/c1-23(2,3)27(21-10-6-4-7-11-21,22-12-8-5-9-13-22)26-17-19-15-20(25)14-18(19)16-24/h4-13,18-20,24-25H,14-17H2,1-3H3/t18-,19+,20+/m1/s1. The van der Waals surface area contributed by atoms with Gasteiger partial charge in [-0.2, -0.15) is 0 Å². The molecule has 146 valence electrons. The molecule has 0 unspecified atom stereocenters. The van der Waals surface area contributed by atoms with Crippen LogP contribution in [0.1, 0.15) is 33.6 Å². The van der Waals surface area contributed by atoms with E-state index < -0.39 is 8.32 Å². The molecule has 2 aromatic rings. The van der Waals surface area contributed by atoms with E-state index in [1.54, 1.807) is 0 Å². The van der Waals surface area contributed by atoms with Crippen molar-refractivity contribution in [3.63, 3.8) is 0 Å². The maximum absolute atomic E-state index is 10.1. The summed E-state index contributed by atoms with van der Waals surface area (Å²) in [6.07, 6.45) is 1.06. The SMILES string of the molecule is CC(C)(C)[Si](OC[C@@H]1C[C@@H](O)C[C@@H]1CO)(c1ccccc1)c1ccccc1. The van der Waals surface area contributed by atoms with Gasteiger partial charge in [0.05, 0.1) is 6.10 Å². The van der Waals surface area contributed by atoms with E-state index in [0.717, 1.165) is 0 Å². The van der Waals surface area contributed by atoms with Crippen LogP contribution in [0.15, 0.2) is 60.7 Å². The van der Waals surface area contributed by atoms with Gasteiger partial charge in [0.2, 0.25) is 0 Å². The zero-order valence-corrected chi connectivity index (χ0v) is 17.6. The molecule has 0 saturated heterocycles. The zero-order chi connectivity index (χ0) is 19.5. The number of hydrogen-bond acceptors (Lipinski definition) is 3. The lowest BCUT2D eigenvalue weighted by Crippen LogP contribution is -2.67. The van der Waals surface area contributed by atoms with Crippen LogP contribution in [0.3, 0.4) is 0 Å². The molecule has 0 amide bonds. The first-order chi connectivity index (χ1) is 12.9. The molecule has 2 aromatic carbocycles. The molecule has 0 aromatic heterocycles. The normalized spacial score (nSPS) is 23.5. The highest BCUT2D eigenvalue weighted by Crippen LogP contribution is 2.39. The number of aliphatic hydroxyl groups is 2. The Bertz CT molecular complexity index is 672. The largest absolute Gasteiger partial charge is 0.407 e.